The van der Waals surface area contributed by atoms with Gasteiger partial charge in [0.05, 0.1) is 5.69 Å². The molecular formula is C17H22N4O. The maximum atomic E-state index is 10.5. The Morgan fingerprint density at radius 3 is 2.55 bits per heavy atom. The highest BCUT2D eigenvalue weighted by Crippen LogP contribution is 2.35. The van der Waals surface area contributed by atoms with Gasteiger partial charge in [-0.05, 0) is 35.6 Å². The van der Waals surface area contributed by atoms with Gasteiger partial charge in [-0.2, -0.15) is 0 Å². The Hall–Kier alpha value is -2.14. The molecule has 0 fully saturated rings. The first-order chi connectivity index (χ1) is 10.5. The van der Waals surface area contributed by atoms with E-state index in [-0.39, 0.29) is 0 Å². The molecule has 1 aliphatic heterocycles. The lowest BCUT2D eigenvalue weighted by atomic mass is 10.0. The van der Waals surface area contributed by atoms with Gasteiger partial charge in [-0.3, -0.25) is 0 Å². The topological polar surface area (TPSA) is 70.1 Å². The van der Waals surface area contributed by atoms with Gasteiger partial charge < -0.3 is 15.7 Å². The zero-order valence-corrected chi connectivity index (χ0v) is 13.4. The van der Waals surface area contributed by atoms with Crippen molar-refractivity contribution in [2.75, 3.05) is 10.6 Å². The minimum atomic E-state index is -0.804. The lowest BCUT2D eigenvalue weighted by Crippen LogP contribution is -2.10. The third-order valence-corrected chi connectivity index (χ3v) is 3.94. The lowest BCUT2D eigenvalue weighted by molar-refractivity contribution is 0.209. The Morgan fingerprint density at radius 2 is 1.86 bits per heavy atom. The van der Waals surface area contributed by atoms with Crippen molar-refractivity contribution >= 4 is 17.3 Å². The van der Waals surface area contributed by atoms with Crippen molar-refractivity contribution in [3.05, 3.63) is 41.2 Å². The monoisotopic (exact) mass is 298 g/mol. The molecule has 5 nitrogen and oxygen atoms in total. The molecule has 0 aromatic carbocycles. The fourth-order valence-electron chi connectivity index (χ4n) is 2.47. The number of hydrogen-bond acceptors (Lipinski definition) is 5. The Morgan fingerprint density at radius 1 is 1.09 bits per heavy atom. The molecular weight excluding hydrogens is 276 g/mol. The fourth-order valence-corrected chi connectivity index (χ4v) is 2.47. The largest absolute Gasteiger partial charge is 0.369 e. The average molecular weight is 298 g/mol. The maximum Gasteiger partial charge on any atom is 0.155 e. The quantitative estimate of drug-likeness (QED) is 0.785. The van der Waals surface area contributed by atoms with E-state index in [1.54, 1.807) is 0 Å². The summed E-state index contributed by atoms with van der Waals surface area (Å²) in [4.78, 5) is 9.11. The first kappa shape index (κ1) is 14.8. The van der Waals surface area contributed by atoms with Gasteiger partial charge in [0.2, 0.25) is 0 Å². The van der Waals surface area contributed by atoms with Gasteiger partial charge in [-0.1, -0.05) is 27.7 Å². The van der Waals surface area contributed by atoms with Crippen LogP contribution >= 0.6 is 0 Å². The minimum absolute atomic E-state index is 0.344. The number of nitrogens with one attached hydrogen (secondary N) is 2. The molecule has 22 heavy (non-hydrogen) atoms. The van der Waals surface area contributed by atoms with Crippen LogP contribution in [0.5, 0.6) is 0 Å². The highest BCUT2D eigenvalue weighted by Gasteiger charge is 2.22. The summed E-state index contributed by atoms with van der Waals surface area (Å²) in [5.41, 5.74) is 3.63. The summed E-state index contributed by atoms with van der Waals surface area (Å²) in [6.07, 6.45) is 1.04. The molecule has 0 saturated carbocycles. The zero-order chi connectivity index (χ0) is 15.9. The van der Waals surface area contributed by atoms with E-state index in [1.807, 2.05) is 24.4 Å². The molecule has 1 aliphatic rings. The molecule has 116 valence electrons. The van der Waals surface area contributed by atoms with Gasteiger partial charge in [0, 0.05) is 17.5 Å². The number of nitrogens with zero attached hydrogens (tertiary/aromatic N) is 2. The average Bonchev–Trinajstić information content (AvgIpc) is 2.61. The number of hydrogen-bond donors (Lipinski definition) is 3. The third kappa shape index (κ3) is 2.64. The van der Waals surface area contributed by atoms with Crippen LogP contribution in [-0.2, 0) is 0 Å². The normalized spacial score (nSPS) is 16.6. The van der Waals surface area contributed by atoms with E-state index in [1.165, 1.54) is 0 Å². The van der Waals surface area contributed by atoms with Crippen LogP contribution in [0.1, 0.15) is 62.6 Å². The minimum Gasteiger partial charge on any atom is -0.369 e. The highest BCUT2D eigenvalue weighted by molar-refractivity contribution is 5.74. The van der Waals surface area contributed by atoms with Crippen LogP contribution in [0.25, 0.3) is 0 Å². The summed E-state index contributed by atoms with van der Waals surface area (Å²) in [7, 11) is 0. The van der Waals surface area contributed by atoms with Crippen LogP contribution in [-0.4, -0.2) is 15.1 Å². The number of fused-ring (bicyclic) bond motifs is 2. The summed E-state index contributed by atoms with van der Waals surface area (Å²) in [6.45, 7) is 8.43. The summed E-state index contributed by atoms with van der Waals surface area (Å²) in [6, 6.07) is 5.92. The van der Waals surface area contributed by atoms with Gasteiger partial charge in [0.25, 0.3) is 0 Å². The molecule has 3 N–H and O–H groups in total. The van der Waals surface area contributed by atoms with E-state index in [2.05, 4.69) is 48.3 Å². The Kier molecular flexibility index (Phi) is 3.74. The first-order valence-corrected chi connectivity index (χ1v) is 7.68. The third-order valence-electron chi connectivity index (χ3n) is 3.94. The maximum absolute atomic E-state index is 10.5. The molecule has 1 unspecified atom stereocenters. The van der Waals surface area contributed by atoms with Crippen molar-refractivity contribution in [2.45, 2.75) is 45.8 Å². The van der Waals surface area contributed by atoms with Gasteiger partial charge in [0.1, 0.15) is 5.82 Å². The fraction of sp³-hybridized carbons (Fsp3) is 0.412. The number of anilines is 3. The second-order valence-electron chi connectivity index (χ2n) is 6.32. The van der Waals surface area contributed by atoms with Crippen LogP contribution in [0.2, 0.25) is 0 Å². The zero-order valence-electron chi connectivity index (χ0n) is 13.4. The van der Waals surface area contributed by atoms with E-state index in [4.69, 9.17) is 0 Å². The Labute approximate surface area is 130 Å². The van der Waals surface area contributed by atoms with E-state index >= 15 is 0 Å². The smallest absolute Gasteiger partial charge is 0.155 e. The molecule has 0 radical (unpaired) electrons. The van der Waals surface area contributed by atoms with Gasteiger partial charge >= 0.3 is 0 Å². The van der Waals surface area contributed by atoms with Gasteiger partial charge in [0.15, 0.2) is 12.0 Å². The van der Waals surface area contributed by atoms with Crippen molar-refractivity contribution in [3.8, 4) is 0 Å². The van der Waals surface area contributed by atoms with Crippen molar-refractivity contribution in [2.24, 2.45) is 0 Å². The summed E-state index contributed by atoms with van der Waals surface area (Å²) >= 11 is 0. The number of rotatable bonds is 2. The highest BCUT2D eigenvalue weighted by atomic mass is 16.3. The number of aliphatic hydroxyl groups excluding tert-OH is 1. The van der Waals surface area contributed by atoms with Crippen LogP contribution in [0.15, 0.2) is 24.4 Å². The molecule has 2 aromatic heterocycles. The number of aromatic nitrogens is 2. The van der Waals surface area contributed by atoms with Crippen LogP contribution < -0.4 is 10.6 Å². The van der Waals surface area contributed by atoms with Crippen molar-refractivity contribution in [1.29, 1.82) is 0 Å². The van der Waals surface area contributed by atoms with Crippen molar-refractivity contribution in [3.63, 3.8) is 0 Å². The second kappa shape index (κ2) is 5.57. The van der Waals surface area contributed by atoms with Gasteiger partial charge in [-0.25, -0.2) is 9.97 Å². The molecule has 2 aromatic rings. The molecule has 0 aliphatic carbocycles. The predicted molar refractivity (Wildman–Crippen MR) is 88.5 cm³/mol. The van der Waals surface area contributed by atoms with E-state index in [0.717, 1.165) is 22.5 Å². The number of pyridine rings is 2. The molecule has 5 heteroatoms. The molecule has 0 bridgehead atoms. The second-order valence-corrected chi connectivity index (χ2v) is 6.32. The summed E-state index contributed by atoms with van der Waals surface area (Å²) < 4.78 is 0. The van der Waals surface area contributed by atoms with E-state index < -0.39 is 6.23 Å². The van der Waals surface area contributed by atoms with Crippen molar-refractivity contribution < 1.29 is 5.11 Å². The molecule has 0 saturated heterocycles. The molecule has 1 atom stereocenters. The summed E-state index contributed by atoms with van der Waals surface area (Å²) in [5.74, 6) is 2.06. The summed E-state index contributed by atoms with van der Waals surface area (Å²) in [5, 5.41) is 16.8. The molecule has 0 spiro atoms. The Bertz CT molecular complexity index is 697. The first-order valence-electron chi connectivity index (χ1n) is 7.68. The van der Waals surface area contributed by atoms with Gasteiger partial charge in [-0.15, -0.1) is 0 Å². The van der Waals surface area contributed by atoms with E-state index in [0.29, 0.717) is 23.5 Å². The Balaban J connectivity index is 2.05. The van der Waals surface area contributed by atoms with Crippen LogP contribution in [0.4, 0.5) is 17.3 Å². The van der Waals surface area contributed by atoms with Crippen LogP contribution in [0, 0.1) is 0 Å². The van der Waals surface area contributed by atoms with Crippen LogP contribution in [0.3, 0.4) is 0 Å². The molecule has 3 heterocycles. The van der Waals surface area contributed by atoms with Crippen molar-refractivity contribution in [1.82, 2.24) is 9.97 Å². The SMILES string of the molecule is CC(C)c1cnc2c(c1)C(O)Nc1ccc(C(C)C)nc1N2. The predicted octanol–water partition coefficient (Wildman–Crippen LogP) is 3.88. The van der Waals surface area contributed by atoms with E-state index in [9.17, 15) is 5.11 Å². The number of aliphatic hydroxyl groups is 1. The molecule has 3 rings (SSSR count). The standard InChI is InChI=1S/C17H22N4O/c1-9(2)11-7-12-15(18-8-11)21-16-14(20-17(12)22)6-5-13(19-16)10(3)4/h5-10,17,20,22H,1-4H3,(H,18,19,21). The lowest BCUT2D eigenvalue weighted by Gasteiger charge is -2.15. The molecule has 0 amide bonds.